The van der Waals surface area contributed by atoms with Crippen LogP contribution in [0.2, 0.25) is 0 Å². The number of nitrogens with zero attached hydrogens (tertiary/aromatic N) is 3. The predicted molar refractivity (Wildman–Crippen MR) is 115 cm³/mol. The number of piperidine rings is 1. The van der Waals surface area contributed by atoms with Gasteiger partial charge in [-0.15, -0.1) is 0 Å². The smallest absolute Gasteiger partial charge is 0.272 e. The number of rotatable bonds is 7. The molecule has 2 aromatic rings. The highest BCUT2D eigenvalue weighted by molar-refractivity contribution is 5.98. The third-order valence-electron chi connectivity index (χ3n) is 5.69. The highest BCUT2D eigenvalue weighted by Gasteiger charge is 2.24. The Morgan fingerprint density at radius 2 is 1.86 bits per heavy atom. The number of carbonyl (C=O) groups is 2. The van der Waals surface area contributed by atoms with Crippen molar-refractivity contribution in [2.45, 2.75) is 39.0 Å². The fourth-order valence-electron chi connectivity index (χ4n) is 3.84. The molecule has 0 spiro atoms. The molecular formula is C24H31N3O2. The summed E-state index contributed by atoms with van der Waals surface area (Å²) in [7, 11) is 1.78. The molecule has 29 heavy (non-hydrogen) atoms. The van der Waals surface area contributed by atoms with Crippen molar-refractivity contribution in [1.82, 2.24) is 14.8 Å². The zero-order chi connectivity index (χ0) is 20.6. The van der Waals surface area contributed by atoms with Crippen LogP contribution in [-0.4, -0.2) is 53.3 Å². The molecule has 0 aliphatic carbocycles. The topological polar surface area (TPSA) is 53.5 Å². The van der Waals surface area contributed by atoms with Gasteiger partial charge in [0.15, 0.2) is 0 Å². The summed E-state index contributed by atoms with van der Waals surface area (Å²) in [6.07, 6.45) is 6.65. The molecule has 5 nitrogen and oxygen atoms in total. The Bertz CT molecular complexity index is 814. The third-order valence-corrected chi connectivity index (χ3v) is 5.69. The van der Waals surface area contributed by atoms with Crippen LogP contribution in [-0.2, 0) is 6.42 Å². The van der Waals surface area contributed by atoms with E-state index in [1.165, 1.54) is 5.56 Å². The normalized spacial score (nSPS) is 14.6. The Balaban J connectivity index is 1.57. The first-order valence-corrected chi connectivity index (χ1v) is 10.6. The van der Waals surface area contributed by atoms with Gasteiger partial charge in [-0.05, 0) is 49.3 Å². The van der Waals surface area contributed by atoms with Gasteiger partial charge in [-0.2, -0.15) is 0 Å². The molecular weight excluding hydrogens is 362 g/mol. The molecule has 1 aromatic heterocycles. The van der Waals surface area contributed by atoms with Crippen molar-refractivity contribution in [3.05, 3.63) is 65.5 Å². The summed E-state index contributed by atoms with van der Waals surface area (Å²) >= 11 is 0. The molecule has 0 unspecified atom stereocenters. The minimum Gasteiger partial charge on any atom is -0.340 e. The maximum atomic E-state index is 13.0. The Kier molecular flexibility index (Phi) is 7.39. The molecule has 0 radical (unpaired) electrons. The van der Waals surface area contributed by atoms with Crippen molar-refractivity contribution in [2.75, 3.05) is 26.7 Å². The molecule has 1 fully saturated rings. The Hall–Kier alpha value is -2.69. The molecule has 1 aliphatic rings. The van der Waals surface area contributed by atoms with Crippen LogP contribution in [0.1, 0.15) is 59.0 Å². The largest absolute Gasteiger partial charge is 0.340 e. The van der Waals surface area contributed by atoms with Gasteiger partial charge in [0.25, 0.3) is 11.8 Å². The summed E-state index contributed by atoms with van der Waals surface area (Å²) in [5, 5.41) is 0. The summed E-state index contributed by atoms with van der Waals surface area (Å²) in [5.74, 6) is 0.480. The van der Waals surface area contributed by atoms with Gasteiger partial charge in [0.1, 0.15) is 5.69 Å². The minimum atomic E-state index is -0.130. The van der Waals surface area contributed by atoms with Gasteiger partial charge in [0.2, 0.25) is 0 Å². The van der Waals surface area contributed by atoms with Crippen molar-refractivity contribution in [3.63, 3.8) is 0 Å². The van der Waals surface area contributed by atoms with Crippen LogP contribution < -0.4 is 0 Å². The van der Waals surface area contributed by atoms with Crippen molar-refractivity contribution < 1.29 is 9.59 Å². The fraction of sp³-hybridized carbons (Fsp3) is 0.458. The van der Waals surface area contributed by atoms with E-state index in [-0.39, 0.29) is 11.8 Å². The standard InChI is InChI=1S/C24H31N3O2/c1-3-4-14-26(2)24(29)22-18-21(10-13-25-22)23(28)27-15-11-20(12-16-27)17-19-8-6-5-7-9-19/h5-10,13,18,20H,3-4,11-12,14-17H2,1-2H3. The molecule has 0 saturated carbocycles. The molecule has 1 aromatic carbocycles. The number of hydrogen-bond acceptors (Lipinski definition) is 3. The van der Waals surface area contributed by atoms with Crippen molar-refractivity contribution in [3.8, 4) is 0 Å². The van der Waals surface area contributed by atoms with E-state index < -0.39 is 0 Å². The maximum absolute atomic E-state index is 13.0. The summed E-state index contributed by atoms with van der Waals surface area (Å²) < 4.78 is 0. The maximum Gasteiger partial charge on any atom is 0.272 e. The quantitative estimate of drug-likeness (QED) is 0.713. The number of carbonyl (C=O) groups excluding carboxylic acids is 2. The van der Waals surface area contributed by atoms with Crippen molar-refractivity contribution in [2.24, 2.45) is 5.92 Å². The molecule has 154 valence electrons. The molecule has 2 amide bonds. The zero-order valence-corrected chi connectivity index (χ0v) is 17.5. The number of unbranched alkanes of at least 4 members (excludes halogenated alkanes) is 1. The lowest BCUT2D eigenvalue weighted by atomic mass is 9.90. The SMILES string of the molecule is CCCCN(C)C(=O)c1cc(C(=O)N2CCC(Cc3ccccc3)CC2)ccn1. The highest BCUT2D eigenvalue weighted by Crippen LogP contribution is 2.23. The second-order valence-electron chi connectivity index (χ2n) is 7.94. The number of hydrogen-bond donors (Lipinski definition) is 0. The monoisotopic (exact) mass is 393 g/mol. The molecule has 0 N–H and O–H groups in total. The first-order chi connectivity index (χ1) is 14.1. The van der Waals surface area contributed by atoms with E-state index in [2.05, 4.69) is 36.2 Å². The van der Waals surface area contributed by atoms with Gasteiger partial charge < -0.3 is 9.80 Å². The van der Waals surface area contributed by atoms with Gasteiger partial charge in [0.05, 0.1) is 0 Å². The van der Waals surface area contributed by atoms with Crippen LogP contribution in [0.5, 0.6) is 0 Å². The predicted octanol–water partition coefficient (Wildman–Crippen LogP) is 4.05. The number of pyridine rings is 1. The Labute approximate surface area is 173 Å². The Morgan fingerprint density at radius 1 is 1.14 bits per heavy atom. The van der Waals surface area contributed by atoms with Crippen LogP contribution >= 0.6 is 0 Å². The van der Waals surface area contributed by atoms with Crippen LogP contribution in [0.25, 0.3) is 0 Å². The molecule has 3 rings (SSSR count). The molecule has 5 heteroatoms. The van der Waals surface area contributed by atoms with Gasteiger partial charge in [-0.1, -0.05) is 43.7 Å². The minimum absolute atomic E-state index is 0.00387. The molecule has 0 atom stereocenters. The first kappa shape index (κ1) is 21.0. The molecule has 1 aliphatic heterocycles. The van der Waals surface area contributed by atoms with Crippen molar-refractivity contribution in [1.29, 1.82) is 0 Å². The summed E-state index contributed by atoms with van der Waals surface area (Å²) in [6, 6.07) is 13.9. The fourth-order valence-corrected chi connectivity index (χ4v) is 3.84. The average molecular weight is 394 g/mol. The van der Waals surface area contributed by atoms with Gasteiger partial charge in [0, 0.05) is 38.4 Å². The Morgan fingerprint density at radius 3 is 2.55 bits per heavy atom. The number of aromatic nitrogens is 1. The molecule has 0 bridgehead atoms. The highest BCUT2D eigenvalue weighted by atomic mass is 16.2. The summed E-state index contributed by atoms with van der Waals surface area (Å²) in [4.78, 5) is 33.3. The van der Waals surface area contributed by atoms with E-state index in [1.54, 1.807) is 30.3 Å². The van der Waals surface area contributed by atoms with E-state index in [1.807, 2.05) is 11.0 Å². The van der Waals surface area contributed by atoms with E-state index in [0.29, 0.717) is 23.7 Å². The van der Waals surface area contributed by atoms with Gasteiger partial charge in [-0.25, -0.2) is 0 Å². The van der Waals surface area contributed by atoms with Crippen LogP contribution in [0, 0.1) is 5.92 Å². The lowest BCUT2D eigenvalue weighted by Gasteiger charge is -2.32. The lowest BCUT2D eigenvalue weighted by molar-refractivity contribution is 0.0690. The number of amides is 2. The average Bonchev–Trinajstić information content (AvgIpc) is 2.77. The van der Waals surface area contributed by atoms with Crippen LogP contribution in [0.4, 0.5) is 0 Å². The van der Waals surface area contributed by atoms with Crippen LogP contribution in [0.15, 0.2) is 48.7 Å². The number of likely N-dealkylation sites (tertiary alicyclic amines) is 1. The molecule has 2 heterocycles. The van der Waals surface area contributed by atoms with E-state index in [0.717, 1.165) is 45.2 Å². The molecule has 1 saturated heterocycles. The first-order valence-electron chi connectivity index (χ1n) is 10.6. The number of benzene rings is 1. The van der Waals surface area contributed by atoms with Crippen molar-refractivity contribution >= 4 is 11.8 Å². The third kappa shape index (κ3) is 5.66. The zero-order valence-electron chi connectivity index (χ0n) is 17.5. The van der Waals surface area contributed by atoms with E-state index in [4.69, 9.17) is 0 Å². The van der Waals surface area contributed by atoms with E-state index >= 15 is 0 Å². The van der Waals surface area contributed by atoms with Crippen LogP contribution in [0.3, 0.4) is 0 Å². The second kappa shape index (κ2) is 10.2. The lowest BCUT2D eigenvalue weighted by Crippen LogP contribution is -2.39. The van der Waals surface area contributed by atoms with E-state index in [9.17, 15) is 9.59 Å². The van der Waals surface area contributed by atoms with Gasteiger partial charge >= 0.3 is 0 Å². The summed E-state index contributed by atoms with van der Waals surface area (Å²) in [6.45, 7) is 4.32. The summed E-state index contributed by atoms with van der Waals surface area (Å²) in [5.41, 5.74) is 2.25. The van der Waals surface area contributed by atoms with Gasteiger partial charge in [-0.3, -0.25) is 14.6 Å². The second-order valence-corrected chi connectivity index (χ2v) is 7.94.